The number of aliphatic hydroxyl groups excluding tert-OH is 2. The molecule has 0 fully saturated rings. The van der Waals surface area contributed by atoms with Crippen molar-refractivity contribution in [2.45, 2.75) is 39.1 Å². The number of quaternary nitrogens is 2. The number of nitrogens with zero attached hydrogens (tertiary/aromatic N) is 2. The molecule has 36 heavy (non-hydrogen) atoms. The van der Waals surface area contributed by atoms with Crippen molar-refractivity contribution >= 4 is 11.9 Å². The fourth-order valence-electron chi connectivity index (χ4n) is 3.85. The largest absolute Gasteiger partial charge is 0.545 e. The zero-order valence-electron chi connectivity index (χ0n) is 22.3. The molecule has 0 saturated carbocycles. The molecule has 2 unspecified atom stereocenters. The van der Waals surface area contributed by atoms with Crippen LogP contribution < -0.4 is 10.2 Å². The Kier molecular flexibility index (Phi) is 15.2. The monoisotopic (exact) mass is 502 g/mol. The third-order valence-electron chi connectivity index (χ3n) is 4.78. The van der Waals surface area contributed by atoms with E-state index in [0.29, 0.717) is 12.2 Å². The van der Waals surface area contributed by atoms with Gasteiger partial charge in [-0.05, 0) is 26.0 Å². The molecule has 0 radical (unpaired) electrons. The van der Waals surface area contributed by atoms with Gasteiger partial charge in [-0.3, -0.25) is 0 Å². The molecule has 0 bridgehead atoms. The summed E-state index contributed by atoms with van der Waals surface area (Å²) in [5.41, 5.74) is 2.64. The van der Waals surface area contributed by atoms with Gasteiger partial charge >= 0.3 is 0 Å². The molecule has 2 atom stereocenters. The van der Waals surface area contributed by atoms with Crippen LogP contribution in [0.5, 0.6) is 0 Å². The van der Waals surface area contributed by atoms with E-state index in [2.05, 4.69) is 76.7 Å². The Hall–Kier alpha value is -3.04. The summed E-state index contributed by atoms with van der Waals surface area (Å²) in [6.45, 7) is 7.18. The minimum absolute atomic E-state index is 0.242. The Morgan fingerprint density at radius 2 is 0.972 bits per heavy atom. The van der Waals surface area contributed by atoms with Gasteiger partial charge in [0.05, 0.1) is 40.1 Å². The van der Waals surface area contributed by atoms with Crippen molar-refractivity contribution < 1.29 is 39.0 Å². The number of likely N-dealkylation sites (N-methyl/N-ethyl adjacent to an activating group) is 2. The van der Waals surface area contributed by atoms with E-state index in [9.17, 15) is 30.0 Å². The summed E-state index contributed by atoms with van der Waals surface area (Å²) in [6.07, 6.45) is 0.285. The van der Waals surface area contributed by atoms with Gasteiger partial charge in [-0.15, -0.1) is 0 Å². The summed E-state index contributed by atoms with van der Waals surface area (Å²) in [5.74, 6) is -3.09. The normalized spacial score (nSPS) is 13.0. The first-order valence-electron chi connectivity index (χ1n) is 11.8. The molecule has 0 amide bonds. The van der Waals surface area contributed by atoms with Crippen LogP contribution in [0.1, 0.15) is 25.0 Å². The van der Waals surface area contributed by atoms with Crippen molar-refractivity contribution in [3.63, 3.8) is 0 Å². The molecular weight excluding hydrogens is 460 g/mol. The van der Waals surface area contributed by atoms with Crippen molar-refractivity contribution in [2.75, 3.05) is 41.3 Å². The number of benzene rings is 2. The first-order valence-corrected chi connectivity index (χ1v) is 11.8. The molecular formula is C28H42N2O6. The lowest BCUT2D eigenvalue weighted by atomic mass is 10.2. The minimum atomic E-state index is -1.55. The Labute approximate surface area is 215 Å². The molecule has 8 heteroatoms. The summed E-state index contributed by atoms with van der Waals surface area (Å²) in [5, 5.41) is 37.5. The van der Waals surface area contributed by atoms with E-state index in [-0.39, 0.29) is 12.2 Å². The fraction of sp³-hybridized carbons (Fsp3) is 0.429. The Morgan fingerprint density at radius 1 is 0.694 bits per heavy atom. The molecule has 2 N–H and O–H groups in total. The molecule has 200 valence electrons. The summed E-state index contributed by atoms with van der Waals surface area (Å²) in [4.78, 5) is 18.8. The van der Waals surface area contributed by atoms with Gasteiger partial charge in [-0.1, -0.05) is 60.7 Å². The van der Waals surface area contributed by atoms with Gasteiger partial charge in [0.25, 0.3) is 0 Å². The quantitative estimate of drug-likeness (QED) is 0.357. The third kappa shape index (κ3) is 19.3. The highest BCUT2D eigenvalue weighted by Gasteiger charge is 2.18. The number of hydrogen-bond donors (Lipinski definition) is 2. The lowest BCUT2D eigenvalue weighted by Crippen LogP contribution is -2.43. The van der Waals surface area contributed by atoms with Crippen molar-refractivity contribution in [2.24, 2.45) is 0 Å². The van der Waals surface area contributed by atoms with Crippen molar-refractivity contribution in [3.05, 3.63) is 83.9 Å². The molecule has 0 heterocycles. The smallest absolute Gasteiger partial charge is 0.105 e. The van der Waals surface area contributed by atoms with Gasteiger partial charge in [0.15, 0.2) is 0 Å². The van der Waals surface area contributed by atoms with Crippen LogP contribution >= 0.6 is 0 Å². The maximum atomic E-state index is 9.41. The molecule has 2 aromatic carbocycles. The molecule has 8 nitrogen and oxygen atoms in total. The summed E-state index contributed by atoms with van der Waals surface area (Å²) >= 11 is 0. The minimum Gasteiger partial charge on any atom is -0.545 e. The van der Waals surface area contributed by atoms with Gasteiger partial charge < -0.3 is 39.0 Å². The van der Waals surface area contributed by atoms with E-state index in [1.807, 2.05) is 26.0 Å². The molecule has 0 aromatic heterocycles. The number of carboxylic acid groups (broad SMARTS) is 2. The molecule has 0 aliphatic carbocycles. The second-order valence-electron chi connectivity index (χ2n) is 10.2. The second kappa shape index (κ2) is 16.6. The van der Waals surface area contributed by atoms with E-state index >= 15 is 0 Å². The number of carbonyl (C=O) groups excluding carboxylic acids is 2. The average molecular weight is 503 g/mol. The van der Waals surface area contributed by atoms with E-state index in [0.717, 1.165) is 35.1 Å². The number of carbonyl (C=O) groups is 2. The molecule has 0 aliphatic heterocycles. The number of carboxylic acids is 2. The molecule has 2 rings (SSSR count). The third-order valence-corrected chi connectivity index (χ3v) is 4.78. The standard InChI is InChI=1S/2C12H20NO.C4H4O4/c2*1-11(14)9-13(2,3)10-12-7-5-4-6-8-12;5-3(6)1-2-4(7)8/h2*4-8,11,14H,9-10H2,1-3H3;1-2H,(H,5,6)(H,7,8)/q2*+1;/p-2/b;;2-1+. The maximum Gasteiger partial charge on any atom is 0.105 e. The highest BCUT2D eigenvalue weighted by atomic mass is 16.4. The SMILES string of the molecule is CC(O)C[N+](C)(C)Cc1ccccc1.CC(O)C[N+](C)(C)Cc1ccccc1.O=C([O-])/C=C/C(=O)[O-]. The maximum absolute atomic E-state index is 9.41. The van der Waals surface area contributed by atoms with E-state index in [1.165, 1.54) is 11.1 Å². The first-order chi connectivity index (χ1) is 16.6. The van der Waals surface area contributed by atoms with Crippen LogP contribution in [0.4, 0.5) is 0 Å². The number of aliphatic hydroxyl groups is 2. The van der Waals surface area contributed by atoms with Gasteiger partial charge in [-0.2, -0.15) is 0 Å². The van der Waals surface area contributed by atoms with Crippen molar-refractivity contribution in [3.8, 4) is 0 Å². The van der Waals surface area contributed by atoms with Crippen LogP contribution in [0.3, 0.4) is 0 Å². The van der Waals surface area contributed by atoms with Gasteiger partial charge in [-0.25, -0.2) is 0 Å². The zero-order valence-corrected chi connectivity index (χ0v) is 22.3. The van der Waals surface area contributed by atoms with E-state index in [1.54, 1.807) is 0 Å². The summed E-state index contributed by atoms with van der Waals surface area (Å²) in [6, 6.07) is 20.8. The van der Waals surface area contributed by atoms with Crippen LogP contribution in [-0.2, 0) is 22.7 Å². The number of rotatable bonds is 10. The van der Waals surface area contributed by atoms with Gasteiger partial charge in [0.2, 0.25) is 0 Å². The van der Waals surface area contributed by atoms with Crippen LogP contribution in [-0.4, -0.2) is 84.6 Å². The molecule has 0 spiro atoms. The van der Waals surface area contributed by atoms with Crippen LogP contribution in [0.25, 0.3) is 0 Å². The molecule has 0 saturated heterocycles. The number of aliphatic carboxylic acids is 2. The first kappa shape index (κ1) is 33.0. The lowest BCUT2D eigenvalue weighted by molar-refractivity contribution is -0.906. The summed E-state index contributed by atoms with van der Waals surface area (Å²) in [7, 11) is 8.55. The van der Waals surface area contributed by atoms with E-state index < -0.39 is 11.9 Å². The molecule has 2 aromatic rings. The Morgan fingerprint density at radius 3 is 1.19 bits per heavy atom. The highest BCUT2D eigenvalue weighted by molar-refractivity contribution is 5.87. The van der Waals surface area contributed by atoms with Crippen LogP contribution in [0.15, 0.2) is 72.8 Å². The molecule has 0 aliphatic rings. The topological polar surface area (TPSA) is 121 Å². The lowest BCUT2D eigenvalue weighted by Gasteiger charge is -2.31. The van der Waals surface area contributed by atoms with Gasteiger partial charge in [0, 0.05) is 11.1 Å². The fourth-order valence-corrected chi connectivity index (χ4v) is 3.85. The zero-order chi connectivity index (χ0) is 27.8. The Balaban J connectivity index is 0.000000533. The summed E-state index contributed by atoms with van der Waals surface area (Å²) < 4.78 is 1.64. The van der Waals surface area contributed by atoms with E-state index in [4.69, 9.17) is 0 Å². The van der Waals surface area contributed by atoms with Gasteiger partial charge in [0.1, 0.15) is 38.4 Å². The van der Waals surface area contributed by atoms with Crippen LogP contribution in [0.2, 0.25) is 0 Å². The van der Waals surface area contributed by atoms with Crippen LogP contribution in [0, 0.1) is 0 Å². The highest BCUT2D eigenvalue weighted by Crippen LogP contribution is 2.10. The Bertz CT molecular complexity index is 835. The number of hydrogen-bond acceptors (Lipinski definition) is 6. The van der Waals surface area contributed by atoms with Crippen molar-refractivity contribution in [1.29, 1.82) is 0 Å². The predicted molar refractivity (Wildman–Crippen MR) is 137 cm³/mol. The van der Waals surface area contributed by atoms with Crippen molar-refractivity contribution in [1.82, 2.24) is 0 Å². The second-order valence-corrected chi connectivity index (χ2v) is 10.2. The predicted octanol–water partition coefficient (Wildman–Crippen LogP) is 0.330. The average Bonchev–Trinajstić information content (AvgIpc) is 2.72.